The van der Waals surface area contributed by atoms with E-state index in [1.807, 2.05) is 0 Å². The molecule has 0 unspecified atom stereocenters. The molecule has 1 aliphatic rings. The van der Waals surface area contributed by atoms with Gasteiger partial charge in [-0.3, -0.25) is 9.69 Å². The molecule has 0 atom stereocenters. The van der Waals surface area contributed by atoms with Gasteiger partial charge in [-0.05, 0) is 38.5 Å². The minimum absolute atomic E-state index is 0.138. The van der Waals surface area contributed by atoms with Gasteiger partial charge in [-0.1, -0.05) is 0 Å². The topological polar surface area (TPSA) is 107 Å². The van der Waals surface area contributed by atoms with E-state index in [0.717, 1.165) is 13.1 Å². The predicted octanol–water partition coefficient (Wildman–Crippen LogP) is 1.04. The number of nitrogens with zero attached hydrogens (tertiary/aromatic N) is 2. The van der Waals surface area contributed by atoms with Gasteiger partial charge in [0.05, 0.1) is 25.4 Å². The number of nitrogens with two attached hydrogens (primary N) is 1. The molecule has 1 aromatic heterocycles. The first-order chi connectivity index (χ1) is 12.2. The fourth-order valence-corrected chi connectivity index (χ4v) is 2.30. The van der Waals surface area contributed by atoms with Crippen LogP contribution in [-0.2, 0) is 14.3 Å². The summed E-state index contributed by atoms with van der Waals surface area (Å²) in [6.45, 7) is 8.65. The van der Waals surface area contributed by atoms with Crippen molar-refractivity contribution in [2.24, 2.45) is 0 Å². The summed E-state index contributed by atoms with van der Waals surface area (Å²) in [5.41, 5.74) is 6.11. The molecule has 1 saturated heterocycles. The molecule has 0 saturated carbocycles. The average molecular weight is 362 g/mol. The van der Waals surface area contributed by atoms with E-state index >= 15 is 0 Å². The number of aromatic nitrogens is 1. The van der Waals surface area contributed by atoms with Crippen LogP contribution in [0, 0.1) is 0 Å². The first-order valence-electron chi connectivity index (χ1n) is 8.49. The van der Waals surface area contributed by atoms with E-state index in [9.17, 15) is 9.59 Å². The lowest BCUT2D eigenvalue weighted by atomic mass is 10.1. The summed E-state index contributed by atoms with van der Waals surface area (Å²) in [5.74, 6) is -0.638. The van der Waals surface area contributed by atoms with Gasteiger partial charge >= 0.3 is 5.97 Å². The third-order valence-corrected chi connectivity index (χ3v) is 3.57. The van der Waals surface area contributed by atoms with Crippen LogP contribution in [0.3, 0.4) is 0 Å². The van der Waals surface area contributed by atoms with Gasteiger partial charge in [0.1, 0.15) is 11.4 Å². The molecule has 26 heavy (non-hydrogen) atoms. The highest BCUT2D eigenvalue weighted by molar-refractivity contribution is 5.99. The predicted molar refractivity (Wildman–Crippen MR) is 98.3 cm³/mol. The Morgan fingerprint density at radius 2 is 2.08 bits per heavy atom. The van der Waals surface area contributed by atoms with Crippen molar-refractivity contribution in [2.45, 2.75) is 26.4 Å². The quantitative estimate of drug-likeness (QED) is 0.595. The summed E-state index contributed by atoms with van der Waals surface area (Å²) in [6, 6.07) is 1.60. The first-order valence-corrected chi connectivity index (χ1v) is 8.49. The summed E-state index contributed by atoms with van der Waals surface area (Å²) < 4.78 is 10.5. The molecule has 1 aliphatic heterocycles. The number of hydrogen-bond acceptors (Lipinski definition) is 7. The fraction of sp³-hybridized carbons (Fsp3) is 0.500. The van der Waals surface area contributed by atoms with Crippen molar-refractivity contribution in [1.29, 1.82) is 0 Å². The number of esters is 1. The van der Waals surface area contributed by atoms with E-state index in [1.54, 1.807) is 32.9 Å². The average Bonchev–Trinajstić information content (AvgIpc) is 2.58. The molecule has 1 aromatic rings. The Balaban J connectivity index is 1.99. The molecule has 1 amide bonds. The van der Waals surface area contributed by atoms with E-state index in [-0.39, 0.29) is 17.3 Å². The van der Waals surface area contributed by atoms with Crippen LogP contribution in [0.2, 0.25) is 0 Å². The molecular weight excluding hydrogens is 336 g/mol. The van der Waals surface area contributed by atoms with E-state index < -0.39 is 11.6 Å². The normalized spacial score (nSPS) is 15.8. The SMILES string of the molecule is CC(C)(C)OC(=O)/C=C/c1cnc(N)c(C(=O)NCN2CCOCC2)c1. The maximum Gasteiger partial charge on any atom is 0.331 e. The molecule has 0 radical (unpaired) electrons. The van der Waals surface area contributed by atoms with Gasteiger partial charge in [-0.15, -0.1) is 0 Å². The lowest BCUT2D eigenvalue weighted by Gasteiger charge is -2.26. The number of hydrogen-bond donors (Lipinski definition) is 2. The van der Waals surface area contributed by atoms with E-state index in [1.165, 1.54) is 12.3 Å². The van der Waals surface area contributed by atoms with Gasteiger partial charge in [-0.25, -0.2) is 9.78 Å². The summed E-state index contributed by atoms with van der Waals surface area (Å²) in [7, 11) is 0. The molecule has 2 rings (SSSR count). The second-order valence-electron chi connectivity index (χ2n) is 6.96. The second-order valence-corrected chi connectivity index (χ2v) is 6.96. The summed E-state index contributed by atoms with van der Waals surface area (Å²) in [4.78, 5) is 30.2. The van der Waals surface area contributed by atoms with Crippen LogP contribution in [0.1, 0.15) is 36.7 Å². The van der Waals surface area contributed by atoms with Gasteiger partial charge in [0.25, 0.3) is 5.91 Å². The van der Waals surface area contributed by atoms with Crippen LogP contribution < -0.4 is 11.1 Å². The summed E-state index contributed by atoms with van der Waals surface area (Å²) >= 11 is 0. The molecule has 8 heteroatoms. The zero-order chi connectivity index (χ0) is 19.2. The lowest BCUT2D eigenvalue weighted by molar-refractivity contribution is -0.148. The molecule has 0 aliphatic carbocycles. The maximum absolute atomic E-state index is 12.4. The Labute approximate surface area is 153 Å². The van der Waals surface area contributed by atoms with E-state index in [2.05, 4.69) is 15.2 Å². The molecule has 142 valence electrons. The first kappa shape index (κ1) is 19.9. The zero-order valence-corrected chi connectivity index (χ0v) is 15.4. The molecule has 0 bridgehead atoms. The van der Waals surface area contributed by atoms with Crippen LogP contribution >= 0.6 is 0 Å². The number of carbonyl (C=O) groups is 2. The molecule has 2 heterocycles. The monoisotopic (exact) mass is 362 g/mol. The Morgan fingerprint density at radius 3 is 2.73 bits per heavy atom. The highest BCUT2D eigenvalue weighted by atomic mass is 16.6. The minimum atomic E-state index is -0.564. The molecule has 0 spiro atoms. The molecule has 8 nitrogen and oxygen atoms in total. The van der Waals surface area contributed by atoms with Crippen molar-refractivity contribution < 1.29 is 19.1 Å². The number of anilines is 1. The van der Waals surface area contributed by atoms with Crippen molar-refractivity contribution in [3.8, 4) is 0 Å². The number of carbonyl (C=O) groups excluding carboxylic acids is 2. The van der Waals surface area contributed by atoms with Gasteiger partial charge in [0, 0.05) is 25.4 Å². The maximum atomic E-state index is 12.4. The van der Waals surface area contributed by atoms with Crippen molar-refractivity contribution in [2.75, 3.05) is 38.7 Å². The van der Waals surface area contributed by atoms with E-state index in [4.69, 9.17) is 15.2 Å². The van der Waals surface area contributed by atoms with Crippen LogP contribution in [0.25, 0.3) is 6.08 Å². The highest BCUT2D eigenvalue weighted by Gasteiger charge is 2.16. The van der Waals surface area contributed by atoms with Crippen molar-refractivity contribution in [3.63, 3.8) is 0 Å². The van der Waals surface area contributed by atoms with Crippen molar-refractivity contribution in [3.05, 3.63) is 29.5 Å². The third-order valence-electron chi connectivity index (χ3n) is 3.57. The lowest BCUT2D eigenvalue weighted by Crippen LogP contribution is -2.43. The number of ether oxygens (including phenoxy) is 2. The number of nitrogens with one attached hydrogen (secondary N) is 1. The third kappa shape index (κ3) is 6.45. The number of amides is 1. The van der Waals surface area contributed by atoms with Gasteiger partial charge in [-0.2, -0.15) is 0 Å². The second kappa shape index (κ2) is 8.77. The highest BCUT2D eigenvalue weighted by Crippen LogP contribution is 2.13. The van der Waals surface area contributed by atoms with Crippen LogP contribution in [0.4, 0.5) is 5.82 Å². The Morgan fingerprint density at radius 1 is 1.38 bits per heavy atom. The standard InChI is InChI=1S/C18H26N4O4/c1-18(2,3)26-15(23)5-4-13-10-14(16(19)20-11-13)17(24)21-12-22-6-8-25-9-7-22/h4-5,10-11H,6-9,12H2,1-3H3,(H2,19,20)(H,21,24)/b5-4+. The largest absolute Gasteiger partial charge is 0.457 e. The fourth-order valence-electron chi connectivity index (χ4n) is 2.30. The van der Waals surface area contributed by atoms with E-state index in [0.29, 0.717) is 25.4 Å². The van der Waals surface area contributed by atoms with Crippen LogP contribution in [0.15, 0.2) is 18.3 Å². The van der Waals surface area contributed by atoms with Gasteiger partial charge < -0.3 is 20.5 Å². The molecule has 0 aromatic carbocycles. The molecule has 1 fully saturated rings. The number of morpholine rings is 1. The number of rotatable bonds is 5. The molecule has 3 N–H and O–H groups in total. The number of nitrogen functional groups attached to an aromatic ring is 1. The van der Waals surface area contributed by atoms with Gasteiger partial charge in [0.15, 0.2) is 0 Å². The minimum Gasteiger partial charge on any atom is -0.457 e. The zero-order valence-electron chi connectivity index (χ0n) is 15.4. The van der Waals surface area contributed by atoms with Crippen molar-refractivity contribution >= 4 is 23.8 Å². The summed E-state index contributed by atoms with van der Waals surface area (Å²) in [6.07, 6.45) is 4.34. The Bertz CT molecular complexity index is 676. The Kier molecular flexibility index (Phi) is 6.70. The molecular formula is C18H26N4O4. The number of pyridine rings is 1. The smallest absolute Gasteiger partial charge is 0.331 e. The summed E-state index contributed by atoms with van der Waals surface area (Å²) in [5, 5.41) is 2.83. The van der Waals surface area contributed by atoms with Crippen molar-refractivity contribution in [1.82, 2.24) is 15.2 Å². The Hall–Kier alpha value is -2.45. The van der Waals surface area contributed by atoms with Crippen LogP contribution in [-0.4, -0.2) is 60.3 Å². The van der Waals surface area contributed by atoms with Crippen LogP contribution in [0.5, 0.6) is 0 Å². The van der Waals surface area contributed by atoms with Gasteiger partial charge in [0.2, 0.25) is 0 Å².